The molecule has 1 aliphatic rings. The van der Waals surface area contributed by atoms with E-state index in [0.717, 1.165) is 0 Å². The third-order valence-electron chi connectivity index (χ3n) is 4.02. The fourth-order valence-electron chi connectivity index (χ4n) is 2.73. The van der Waals surface area contributed by atoms with Crippen LogP contribution >= 0.6 is 0 Å². The van der Waals surface area contributed by atoms with Crippen molar-refractivity contribution < 1.29 is 14.0 Å². The zero-order valence-electron chi connectivity index (χ0n) is 12.5. The van der Waals surface area contributed by atoms with Crippen molar-refractivity contribution in [3.05, 3.63) is 42.7 Å². The summed E-state index contributed by atoms with van der Waals surface area (Å²) in [4.78, 5) is 24.0. The second kappa shape index (κ2) is 7.73. The summed E-state index contributed by atoms with van der Waals surface area (Å²) in [6, 6.07) is 6.12. The van der Waals surface area contributed by atoms with Crippen molar-refractivity contribution in [2.75, 3.05) is 11.9 Å². The summed E-state index contributed by atoms with van der Waals surface area (Å²) in [6.45, 7) is 4.03. The zero-order valence-corrected chi connectivity index (χ0v) is 12.5. The van der Waals surface area contributed by atoms with Crippen molar-refractivity contribution in [3.8, 4) is 0 Å². The Balaban J connectivity index is 1.83. The van der Waals surface area contributed by atoms with E-state index in [-0.39, 0.29) is 29.3 Å². The minimum Gasteiger partial charge on any atom is -0.352 e. The molecule has 118 valence electrons. The lowest BCUT2D eigenvalue weighted by atomic mass is 9.81. The molecule has 2 amide bonds. The van der Waals surface area contributed by atoms with Crippen LogP contribution in [-0.2, 0) is 9.59 Å². The predicted octanol–water partition coefficient (Wildman–Crippen LogP) is 2.87. The summed E-state index contributed by atoms with van der Waals surface area (Å²) in [5.74, 6) is -0.795. The third kappa shape index (κ3) is 4.16. The molecule has 0 bridgehead atoms. The van der Waals surface area contributed by atoms with Gasteiger partial charge in [0.15, 0.2) is 0 Å². The molecule has 0 saturated heterocycles. The summed E-state index contributed by atoms with van der Waals surface area (Å²) in [5, 5.41) is 5.42. The maximum Gasteiger partial charge on any atom is 0.227 e. The van der Waals surface area contributed by atoms with Crippen molar-refractivity contribution in [3.63, 3.8) is 0 Å². The van der Waals surface area contributed by atoms with Gasteiger partial charge in [-0.1, -0.05) is 18.2 Å². The highest BCUT2D eigenvalue weighted by molar-refractivity contribution is 5.92. The standard InChI is InChI=1S/C17H21FN2O2/c1-2-11-19-16(21)12-7-9-13(10-8-12)17(22)20-15-6-4-3-5-14(15)18/h2-6,12-13H,1,7-11H2,(H,19,21)(H,20,22). The summed E-state index contributed by atoms with van der Waals surface area (Å²) in [7, 11) is 0. The molecule has 0 aromatic heterocycles. The molecule has 22 heavy (non-hydrogen) atoms. The summed E-state index contributed by atoms with van der Waals surface area (Å²) >= 11 is 0. The molecule has 0 aliphatic heterocycles. The Morgan fingerprint density at radius 3 is 2.32 bits per heavy atom. The Labute approximate surface area is 129 Å². The van der Waals surface area contributed by atoms with Gasteiger partial charge in [-0.3, -0.25) is 9.59 Å². The molecule has 0 unspecified atom stereocenters. The Morgan fingerprint density at radius 2 is 1.73 bits per heavy atom. The van der Waals surface area contributed by atoms with Gasteiger partial charge in [-0.25, -0.2) is 4.39 Å². The quantitative estimate of drug-likeness (QED) is 0.822. The largest absolute Gasteiger partial charge is 0.352 e. The predicted molar refractivity (Wildman–Crippen MR) is 83.7 cm³/mol. The second-order valence-corrected chi connectivity index (χ2v) is 5.55. The highest BCUT2D eigenvalue weighted by Gasteiger charge is 2.29. The first-order valence-electron chi connectivity index (χ1n) is 7.55. The first-order chi connectivity index (χ1) is 10.6. The monoisotopic (exact) mass is 304 g/mol. The Kier molecular flexibility index (Phi) is 5.69. The maximum atomic E-state index is 13.5. The number of nitrogens with one attached hydrogen (secondary N) is 2. The lowest BCUT2D eigenvalue weighted by Crippen LogP contribution is -2.35. The minimum absolute atomic E-state index is 0.0212. The number of benzene rings is 1. The van der Waals surface area contributed by atoms with Gasteiger partial charge in [0.25, 0.3) is 0 Å². The van der Waals surface area contributed by atoms with Crippen LogP contribution in [-0.4, -0.2) is 18.4 Å². The number of hydrogen-bond acceptors (Lipinski definition) is 2. The number of carbonyl (C=O) groups is 2. The Bertz CT molecular complexity index is 551. The van der Waals surface area contributed by atoms with E-state index >= 15 is 0 Å². The molecule has 1 fully saturated rings. The molecule has 0 radical (unpaired) electrons. The van der Waals surface area contributed by atoms with Crippen molar-refractivity contribution >= 4 is 17.5 Å². The van der Waals surface area contributed by atoms with Gasteiger partial charge in [-0.05, 0) is 37.8 Å². The van der Waals surface area contributed by atoms with E-state index < -0.39 is 5.82 Å². The molecule has 1 aromatic rings. The first kappa shape index (κ1) is 16.2. The van der Waals surface area contributed by atoms with Crippen LogP contribution in [0, 0.1) is 17.7 Å². The average molecular weight is 304 g/mol. The van der Waals surface area contributed by atoms with Crippen molar-refractivity contribution in [1.82, 2.24) is 5.32 Å². The van der Waals surface area contributed by atoms with E-state index in [1.165, 1.54) is 6.07 Å². The Morgan fingerprint density at radius 1 is 1.14 bits per heavy atom. The van der Waals surface area contributed by atoms with Crippen LogP contribution in [0.25, 0.3) is 0 Å². The second-order valence-electron chi connectivity index (χ2n) is 5.55. The number of anilines is 1. The molecule has 1 saturated carbocycles. The smallest absolute Gasteiger partial charge is 0.227 e. The van der Waals surface area contributed by atoms with Gasteiger partial charge in [-0.15, -0.1) is 6.58 Å². The molecule has 1 aromatic carbocycles. The molecule has 2 N–H and O–H groups in total. The van der Waals surface area contributed by atoms with E-state index in [0.29, 0.717) is 32.2 Å². The van der Waals surface area contributed by atoms with Crippen LogP contribution in [0.1, 0.15) is 25.7 Å². The minimum atomic E-state index is -0.437. The van der Waals surface area contributed by atoms with Gasteiger partial charge in [0.1, 0.15) is 5.82 Å². The molecule has 1 aliphatic carbocycles. The molecule has 0 spiro atoms. The van der Waals surface area contributed by atoms with Gasteiger partial charge in [0, 0.05) is 18.4 Å². The summed E-state index contributed by atoms with van der Waals surface area (Å²) in [6.07, 6.45) is 4.29. The van der Waals surface area contributed by atoms with E-state index in [2.05, 4.69) is 17.2 Å². The van der Waals surface area contributed by atoms with E-state index in [1.54, 1.807) is 24.3 Å². The topological polar surface area (TPSA) is 58.2 Å². The molecular weight excluding hydrogens is 283 g/mol. The number of rotatable bonds is 5. The maximum absolute atomic E-state index is 13.5. The molecule has 0 heterocycles. The fourth-order valence-corrected chi connectivity index (χ4v) is 2.73. The van der Waals surface area contributed by atoms with Crippen LogP contribution in [0.15, 0.2) is 36.9 Å². The molecule has 4 nitrogen and oxygen atoms in total. The number of para-hydroxylation sites is 1. The zero-order chi connectivity index (χ0) is 15.9. The van der Waals surface area contributed by atoms with E-state index in [9.17, 15) is 14.0 Å². The summed E-state index contributed by atoms with van der Waals surface area (Å²) in [5.41, 5.74) is 0.207. The van der Waals surface area contributed by atoms with Gasteiger partial charge in [0.2, 0.25) is 11.8 Å². The van der Waals surface area contributed by atoms with Crippen molar-refractivity contribution in [1.29, 1.82) is 0 Å². The average Bonchev–Trinajstić information content (AvgIpc) is 2.55. The molecule has 2 rings (SSSR count). The Hall–Kier alpha value is -2.17. The van der Waals surface area contributed by atoms with Gasteiger partial charge in [0.05, 0.1) is 5.69 Å². The van der Waals surface area contributed by atoms with Gasteiger partial charge >= 0.3 is 0 Å². The van der Waals surface area contributed by atoms with Crippen LogP contribution in [0.2, 0.25) is 0 Å². The fraction of sp³-hybridized carbons (Fsp3) is 0.412. The van der Waals surface area contributed by atoms with Crippen molar-refractivity contribution in [2.45, 2.75) is 25.7 Å². The normalized spacial score (nSPS) is 21.0. The lowest BCUT2D eigenvalue weighted by Gasteiger charge is -2.27. The lowest BCUT2D eigenvalue weighted by molar-refractivity contribution is -0.128. The van der Waals surface area contributed by atoms with Gasteiger partial charge in [-0.2, -0.15) is 0 Å². The number of hydrogen-bond donors (Lipinski definition) is 2. The molecule has 5 heteroatoms. The third-order valence-corrected chi connectivity index (χ3v) is 4.02. The van der Waals surface area contributed by atoms with Gasteiger partial charge < -0.3 is 10.6 Å². The number of amides is 2. The van der Waals surface area contributed by atoms with Crippen LogP contribution < -0.4 is 10.6 Å². The SMILES string of the molecule is C=CCNC(=O)C1CCC(C(=O)Nc2ccccc2F)CC1. The van der Waals surface area contributed by atoms with Crippen LogP contribution in [0.3, 0.4) is 0 Å². The number of halogens is 1. The molecule has 0 atom stereocenters. The molecular formula is C17H21FN2O2. The first-order valence-corrected chi connectivity index (χ1v) is 7.55. The van der Waals surface area contributed by atoms with Crippen LogP contribution in [0.5, 0.6) is 0 Å². The van der Waals surface area contributed by atoms with Crippen LogP contribution in [0.4, 0.5) is 10.1 Å². The highest BCUT2D eigenvalue weighted by atomic mass is 19.1. The summed E-state index contributed by atoms with van der Waals surface area (Å²) < 4.78 is 13.5. The van der Waals surface area contributed by atoms with Crippen molar-refractivity contribution in [2.24, 2.45) is 11.8 Å². The highest BCUT2D eigenvalue weighted by Crippen LogP contribution is 2.30. The number of carbonyl (C=O) groups excluding carboxylic acids is 2. The van der Waals surface area contributed by atoms with E-state index in [1.807, 2.05) is 0 Å². The van der Waals surface area contributed by atoms with E-state index in [4.69, 9.17) is 0 Å².